The van der Waals surface area contributed by atoms with E-state index >= 15 is 0 Å². The van der Waals surface area contributed by atoms with Gasteiger partial charge in [-0.15, -0.1) is 11.3 Å². The zero-order chi connectivity index (χ0) is 22.0. The quantitative estimate of drug-likeness (QED) is 0.466. The number of methoxy groups -OCH3 is 2. The Bertz CT molecular complexity index is 1030. The second kappa shape index (κ2) is 8.94. The summed E-state index contributed by atoms with van der Waals surface area (Å²) in [5, 5.41) is 4.40. The first-order chi connectivity index (χ1) is 14.3. The van der Waals surface area contributed by atoms with Crippen LogP contribution in [-0.4, -0.2) is 51.4 Å². The van der Waals surface area contributed by atoms with Crippen molar-refractivity contribution in [1.82, 2.24) is 4.90 Å². The van der Waals surface area contributed by atoms with Crippen LogP contribution in [0.1, 0.15) is 45.7 Å². The van der Waals surface area contributed by atoms with E-state index in [2.05, 4.69) is 5.32 Å². The van der Waals surface area contributed by atoms with Crippen LogP contribution in [0.3, 0.4) is 0 Å². The summed E-state index contributed by atoms with van der Waals surface area (Å²) in [6.07, 6.45) is 0.0687. The number of amides is 3. The fourth-order valence-corrected chi connectivity index (χ4v) is 4.72. The minimum atomic E-state index is -2.11. The standard InChI is InChI=1S/C19H20N2O7S2/c1-10(22)20-17-16-12(9-29-17)18(23)21(19(16)24)13(6-7-30(25)26)11-4-5-14(27-2)15(8-11)28-3/h4-5,8-9,13H,6-7H2,1-3H3,(H,20,22)(H,25,26). The van der Waals surface area contributed by atoms with Gasteiger partial charge in [-0.1, -0.05) is 6.07 Å². The Hall–Kier alpha value is -2.76. The predicted octanol–water partition coefficient (Wildman–Crippen LogP) is 2.67. The minimum absolute atomic E-state index is 0.0687. The van der Waals surface area contributed by atoms with Crippen molar-refractivity contribution >= 4 is 45.1 Å². The topological polar surface area (TPSA) is 122 Å². The number of nitrogens with zero attached hydrogens (tertiary/aromatic N) is 1. The van der Waals surface area contributed by atoms with E-state index < -0.39 is 28.9 Å². The van der Waals surface area contributed by atoms with Crippen LogP contribution in [0.15, 0.2) is 23.6 Å². The van der Waals surface area contributed by atoms with Gasteiger partial charge in [-0.25, -0.2) is 4.21 Å². The van der Waals surface area contributed by atoms with Crippen molar-refractivity contribution in [2.75, 3.05) is 25.3 Å². The van der Waals surface area contributed by atoms with Gasteiger partial charge in [-0.3, -0.25) is 19.3 Å². The third-order valence-electron chi connectivity index (χ3n) is 4.63. The van der Waals surface area contributed by atoms with Crippen LogP contribution in [-0.2, 0) is 15.9 Å². The number of imide groups is 1. The van der Waals surface area contributed by atoms with Crippen LogP contribution in [0.4, 0.5) is 5.00 Å². The van der Waals surface area contributed by atoms with Crippen LogP contribution >= 0.6 is 11.3 Å². The van der Waals surface area contributed by atoms with E-state index in [4.69, 9.17) is 9.47 Å². The van der Waals surface area contributed by atoms with Crippen molar-refractivity contribution in [3.8, 4) is 11.5 Å². The van der Waals surface area contributed by atoms with E-state index in [0.717, 1.165) is 16.2 Å². The normalized spacial score (nSPS) is 15.0. The highest BCUT2D eigenvalue weighted by Gasteiger charge is 2.43. The molecule has 0 saturated carbocycles. The van der Waals surface area contributed by atoms with Gasteiger partial charge in [0, 0.05) is 12.3 Å². The number of thiophene rings is 1. The first-order valence-electron chi connectivity index (χ1n) is 8.84. The van der Waals surface area contributed by atoms with E-state index in [1.807, 2.05) is 0 Å². The summed E-state index contributed by atoms with van der Waals surface area (Å²) in [6, 6.07) is 4.14. The number of nitrogens with one attached hydrogen (secondary N) is 1. The van der Waals surface area contributed by atoms with Gasteiger partial charge >= 0.3 is 0 Å². The molecular formula is C19H20N2O7S2. The van der Waals surface area contributed by atoms with Gasteiger partial charge in [0.1, 0.15) is 5.00 Å². The summed E-state index contributed by atoms with van der Waals surface area (Å²) in [5.41, 5.74) is 0.884. The number of hydrogen-bond acceptors (Lipinski definition) is 7. The third-order valence-corrected chi connectivity index (χ3v) is 6.11. The average Bonchev–Trinajstić information content (AvgIpc) is 3.22. The highest BCUT2D eigenvalue weighted by Crippen LogP contribution is 2.41. The van der Waals surface area contributed by atoms with Crippen molar-refractivity contribution in [2.24, 2.45) is 0 Å². The molecule has 0 radical (unpaired) electrons. The van der Waals surface area contributed by atoms with Gasteiger partial charge in [0.2, 0.25) is 5.91 Å². The molecule has 1 aromatic heterocycles. The lowest BCUT2D eigenvalue weighted by molar-refractivity contribution is -0.114. The Balaban J connectivity index is 2.03. The largest absolute Gasteiger partial charge is 0.493 e. The molecule has 1 aliphatic rings. The number of carbonyl (C=O) groups excluding carboxylic acids is 3. The van der Waals surface area contributed by atoms with Gasteiger partial charge in [-0.05, 0) is 24.1 Å². The Kier molecular flexibility index (Phi) is 6.54. The Morgan fingerprint density at radius 1 is 1.23 bits per heavy atom. The molecule has 9 nitrogen and oxygen atoms in total. The maximum absolute atomic E-state index is 13.2. The van der Waals surface area contributed by atoms with E-state index in [9.17, 15) is 23.1 Å². The summed E-state index contributed by atoms with van der Waals surface area (Å²) in [4.78, 5) is 38.7. The van der Waals surface area contributed by atoms with Crippen molar-refractivity contribution in [2.45, 2.75) is 19.4 Å². The third kappa shape index (κ3) is 4.09. The van der Waals surface area contributed by atoms with Gasteiger partial charge in [0.25, 0.3) is 11.8 Å². The fourth-order valence-electron chi connectivity index (χ4n) is 3.32. The van der Waals surface area contributed by atoms with Gasteiger partial charge in [0.15, 0.2) is 22.6 Å². The summed E-state index contributed by atoms with van der Waals surface area (Å²) >= 11 is -1.01. The van der Waals surface area contributed by atoms with Crippen molar-refractivity contribution in [3.63, 3.8) is 0 Å². The minimum Gasteiger partial charge on any atom is -0.493 e. The molecule has 3 rings (SSSR count). The molecule has 30 heavy (non-hydrogen) atoms. The van der Waals surface area contributed by atoms with Crippen molar-refractivity contribution in [1.29, 1.82) is 0 Å². The summed E-state index contributed by atoms with van der Waals surface area (Å²) < 4.78 is 31.1. The molecule has 160 valence electrons. The second-order valence-corrected chi connectivity index (χ2v) is 8.39. The lowest BCUT2D eigenvalue weighted by Crippen LogP contribution is -2.35. The molecule has 0 bridgehead atoms. The van der Waals surface area contributed by atoms with Gasteiger partial charge < -0.3 is 19.3 Å². The molecule has 1 aliphatic heterocycles. The first-order valence-corrected chi connectivity index (χ1v) is 11.0. The molecule has 1 aromatic carbocycles. The maximum Gasteiger partial charge on any atom is 0.265 e. The molecule has 2 N–H and O–H groups in total. The molecule has 0 spiro atoms. The maximum atomic E-state index is 13.2. The molecule has 0 saturated heterocycles. The number of benzene rings is 1. The SMILES string of the molecule is COc1ccc(C(CCS(=O)O)N2C(=O)c3csc(NC(C)=O)c3C2=O)cc1OC. The molecule has 2 atom stereocenters. The predicted molar refractivity (Wildman–Crippen MR) is 112 cm³/mol. The van der Waals surface area contributed by atoms with Crippen LogP contribution in [0.25, 0.3) is 0 Å². The van der Waals surface area contributed by atoms with E-state index in [1.54, 1.807) is 18.2 Å². The lowest BCUT2D eigenvalue weighted by atomic mass is 10.0. The molecule has 3 amide bonds. The van der Waals surface area contributed by atoms with Crippen LogP contribution in [0.2, 0.25) is 0 Å². The first kappa shape index (κ1) is 21.9. The molecular weight excluding hydrogens is 432 g/mol. The zero-order valence-electron chi connectivity index (χ0n) is 16.5. The summed E-state index contributed by atoms with van der Waals surface area (Å²) in [6.45, 7) is 1.31. The molecule has 0 aliphatic carbocycles. The lowest BCUT2D eigenvalue weighted by Gasteiger charge is -2.27. The van der Waals surface area contributed by atoms with Crippen molar-refractivity contribution < 1.29 is 32.6 Å². The van der Waals surface area contributed by atoms with Crippen LogP contribution in [0, 0.1) is 0 Å². The van der Waals surface area contributed by atoms with E-state index in [1.165, 1.54) is 26.5 Å². The van der Waals surface area contributed by atoms with Crippen LogP contribution < -0.4 is 14.8 Å². The number of fused-ring (bicyclic) bond motifs is 1. The van der Waals surface area contributed by atoms with E-state index in [-0.39, 0.29) is 29.2 Å². The summed E-state index contributed by atoms with van der Waals surface area (Å²) in [7, 11) is 2.95. The Morgan fingerprint density at radius 3 is 2.53 bits per heavy atom. The van der Waals surface area contributed by atoms with E-state index in [0.29, 0.717) is 22.1 Å². The Morgan fingerprint density at radius 2 is 1.93 bits per heavy atom. The second-order valence-electron chi connectivity index (χ2n) is 6.46. The summed E-state index contributed by atoms with van der Waals surface area (Å²) in [5.74, 6) is -0.712. The number of ether oxygens (including phenoxy) is 2. The smallest absolute Gasteiger partial charge is 0.265 e. The molecule has 11 heteroatoms. The molecule has 0 fully saturated rings. The fraction of sp³-hybridized carbons (Fsp3) is 0.316. The highest BCUT2D eigenvalue weighted by atomic mass is 32.2. The average molecular weight is 453 g/mol. The molecule has 2 unspecified atom stereocenters. The monoisotopic (exact) mass is 452 g/mol. The number of carbonyl (C=O) groups is 3. The number of rotatable bonds is 8. The van der Waals surface area contributed by atoms with Crippen LogP contribution in [0.5, 0.6) is 11.5 Å². The highest BCUT2D eigenvalue weighted by molar-refractivity contribution is 7.79. The Labute approximate surface area is 179 Å². The number of hydrogen-bond donors (Lipinski definition) is 2. The molecule has 2 aromatic rings. The molecule has 2 heterocycles. The van der Waals surface area contributed by atoms with Crippen molar-refractivity contribution in [3.05, 3.63) is 40.3 Å². The van der Waals surface area contributed by atoms with Gasteiger partial charge in [0.05, 0.1) is 37.1 Å². The zero-order valence-corrected chi connectivity index (χ0v) is 18.1. The van der Waals surface area contributed by atoms with Gasteiger partial charge in [-0.2, -0.15) is 0 Å². The number of anilines is 1.